The van der Waals surface area contributed by atoms with Crippen LogP contribution in [0, 0.1) is 11.7 Å². The average molecular weight is 483 g/mol. The first kappa shape index (κ1) is 24.1. The molecule has 0 unspecified atom stereocenters. The first-order chi connectivity index (χ1) is 15.2. The van der Waals surface area contributed by atoms with Gasteiger partial charge in [0.15, 0.2) is 0 Å². The van der Waals surface area contributed by atoms with Crippen LogP contribution in [0.5, 0.6) is 0 Å². The number of piperidine rings is 1. The molecule has 8 nitrogen and oxygen atoms in total. The molecule has 2 aromatic rings. The van der Waals surface area contributed by atoms with Gasteiger partial charge in [-0.15, -0.1) is 11.3 Å². The molecule has 0 saturated carbocycles. The Balaban J connectivity index is 1.60. The van der Waals surface area contributed by atoms with Gasteiger partial charge in [-0.2, -0.15) is 4.31 Å². The van der Waals surface area contributed by atoms with Gasteiger partial charge in [-0.05, 0) is 49.2 Å². The fourth-order valence-electron chi connectivity index (χ4n) is 3.55. The van der Waals surface area contributed by atoms with Gasteiger partial charge >= 0.3 is 6.03 Å². The maximum atomic E-state index is 13.0. The minimum Gasteiger partial charge on any atom is -0.326 e. The van der Waals surface area contributed by atoms with Crippen molar-refractivity contribution in [3.05, 3.63) is 42.2 Å². The van der Waals surface area contributed by atoms with Crippen LogP contribution in [0.1, 0.15) is 26.7 Å². The first-order valence-corrected chi connectivity index (χ1v) is 12.7. The second-order valence-corrected chi connectivity index (χ2v) is 10.7. The van der Waals surface area contributed by atoms with Gasteiger partial charge in [0.25, 0.3) is 10.0 Å². The van der Waals surface area contributed by atoms with Crippen LogP contribution in [0.25, 0.3) is 0 Å². The molecule has 2 heterocycles. The van der Waals surface area contributed by atoms with Crippen molar-refractivity contribution in [3.63, 3.8) is 0 Å². The predicted molar refractivity (Wildman–Crippen MR) is 123 cm³/mol. The highest BCUT2D eigenvalue weighted by atomic mass is 32.2. The van der Waals surface area contributed by atoms with E-state index in [1.807, 2.05) is 0 Å². The number of amides is 3. The lowest BCUT2D eigenvalue weighted by atomic mass is 9.97. The number of rotatable bonds is 7. The van der Waals surface area contributed by atoms with Crippen LogP contribution in [-0.4, -0.2) is 55.7 Å². The number of nitrogens with zero attached hydrogens (tertiary/aromatic N) is 2. The van der Waals surface area contributed by atoms with Crippen molar-refractivity contribution in [2.75, 3.05) is 36.8 Å². The van der Waals surface area contributed by atoms with Gasteiger partial charge < -0.3 is 10.2 Å². The molecule has 1 fully saturated rings. The Kier molecular flexibility index (Phi) is 7.86. The smallest absolute Gasteiger partial charge is 0.322 e. The number of nitrogens with one attached hydrogen (secondary N) is 2. The Morgan fingerprint density at radius 2 is 1.81 bits per heavy atom. The van der Waals surface area contributed by atoms with Crippen LogP contribution >= 0.6 is 11.3 Å². The summed E-state index contributed by atoms with van der Waals surface area (Å²) in [5.41, 5.74) is 0.499. The molecule has 11 heteroatoms. The number of hydrogen-bond donors (Lipinski definition) is 2. The van der Waals surface area contributed by atoms with E-state index in [-0.39, 0.29) is 34.4 Å². The lowest BCUT2D eigenvalue weighted by Crippen LogP contribution is -2.45. The molecule has 1 aliphatic rings. The molecule has 1 atom stereocenters. The zero-order valence-corrected chi connectivity index (χ0v) is 19.6. The summed E-state index contributed by atoms with van der Waals surface area (Å²) in [5.74, 6) is -0.996. The highest BCUT2D eigenvalue weighted by Gasteiger charge is 2.29. The number of likely N-dealkylation sites (tertiary alicyclic amines) is 1. The van der Waals surface area contributed by atoms with Crippen molar-refractivity contribution >= 4 is 44.0 Å². The summed E-state index contributed by atoms with van der Waals surface area (Å²) in [7, 11) is -3.58. The fraction of sp³-hybridized carbons (Fsp3) is 0.429. The third-order valence-corrected chi connectivity index (χ3v) is 8.82. The summed E-state index contributed by atoms with van der Waals surface area (Å²) in [6.07, 6.45) is 1.31. The van der Waals surface area contributed by atoms with E-state index in [0.29, 0.717) is 43.2 Å². The predicted octanol–water partition coefficient (Wildman–Crippen LogP) is 3.80. The lowest BCUT2D eigenvalue weighted by molar-refractivity contribution is -0.121. The Labute approximate surface area is 191 Å². The van der Waals surface area contributed by atoms with Gasteiger partial charge in [0.2, 0.25) is 5.91 Å². The molecule has 0 radical (unpaired) electrons. The molecule has 32 heavy (non-hydrogen) atoms. The number of anilines is 2. The van der Waals surface area contributed by atoms with Crippen molar-refractivity contribution in [3.8, 4) is 0 Å². The Morgan fingerprint density at radius 3 is 2.47 bits per heavy atom. The number of urea groups is 1. The van der Waals surface area contributed by atoms with Crippen molar-refractivity contribution in [2.45, 2.75) is 30.9 Å². The van der Waals surface area contributed by atoms with Crippen LogP contribution < -0.4 is 10.6 Å². The van der Waals surface area contributed by atoms with Crippen molar-refractivity contribution in [1.82, 2.24) is 9.21 Å². The van der Waals surface area contributed by atoms with Crippen molar-refractivity contribution < 1.29 is 22.4 Å². The number of carbonyl (C=O) groups is 2. The number of thiophene rings is 1. The van der Waals surface area contributed by atoms with Crippen LogP contribution in [0.4, 0.5) is 19.9 Å². The number of sulfonamides is 1. The summed E-state index contributed by atoms with van der Waals surface area (Å²) < 4.78 is 39.8. The van der Waals surface area contributed by atoms with Gasteiger partial charge in [-0.3, -0.25) is 10.1 Å². The Hall–Kier alpha value is -2.50. The summed E-state index contributed by atoms with van der Waals surface area (Å²) in [5, 5.41) is 5.93. The molecule has 0 bridgehead atoms. The molecule has 1 aromatic heterocycles. The van der Waals surface area contributed by atoms with E-state index in [1.54, 1.807) is 24.8 Å². The lowest BCUT2D eigenvalue weighted by Gasteiger charge is -2.31. The summed E-state index contributed by atoms with van der Waals surface area (Å²) >= 11 is 1.00. The molecular formula is C21H27FN4O4S2. The van der Waals surface area contributed by atoms with Crippen LogP contribution in [-0.2, 0) is 14.8 Å². The van der Waals surface area contributed by atoms with Crippen LogP contribution in [0.2, 0.25) is 0 Å². The SMILES string of the molecule is CCN(CC)S(=O)(=O)c1ccc(NC(=O)N2CCC[C@@H](C(=O)Nc3ccc(F)cc3)C2)s1. The molecule has 0 spiro atoms. The van der Waals surface area contributed by atoms with E-state index < -0.39 is 10.0 Å². The highest BCUT2D eigenvalue weighted by molar-refractivity contribution is 7.91. The third-order valence-electron chi connectivity index (χ3n) is 5.30. The van der Waals surface area contributed by atoms with Gasteiger partial charge in [0, 0.05) is 31.9 Å². The van der Waals surface area contributed by atoms with Gasteiger partial charge in [-0.25, -0.2) is 17.6 Å². The van der Waals surface area contributed by atoms with E-state index >= 15 is 0 Å². The molecule has 1 aromatic carbocycles. The summed E-state index contributed by atoms with van der Waals surface area (Å²) in [4.78, 5) is 26.9. The Bertz CT molecular complexity index is 1050. The second kappa shape index (κ2) is 10.4. The van der Waals surface area contributed by atoms with E-state index in [9.17, 15) is 22.4 Å². The zero-order valence-electron chi connectivity index (χ0n) is 18.0. The van der Waals surface area contributed by atoms with Gasteiger partial charge in [0.1, 0.15) is 10.0 Å². The maximum Gasteiger partial charge on any atom is 0.322 e. The number of carbonyl (C=O) groups excluding carboxylic acids is 2. The minimum atomic E-state index is -3.58. The van der Waals surface area contributed by atoms with E-state index in [4.69, 9.17) is 0 Å². The van der Waals surface area contributed by atoms with Crippen molar-refractivity contribution in [2.24, 2.45) is 5.92 Å². The molecule has 174 valence electrons. The van der Waals surface area contributed by atoms with Gasteiger partial charge in [-0.1, -0.05) is 13.8 Å². The Morgan fingerprint density at radius 1 is 1.12 bits per heavy atom. The average Bonchev–Trinajstić information content (AvgIpc) is 3.25. The molecule has 1 aliphatic heterocycles. The topological polar surface area (TPSA) is 98.8 Å². The van der Waals surface area contributed by atoms with E-state index in [1.165, 1.54) is 34.6 Å². The monoisotopic (exact) mass is 482 g/mol. The quantitative estimate of drug-likeness (QED) is 0.627. The molecule has 3 amide bonds. The molecule has 2 N–H and O–H groups in total. The van der Waals surface area contributed by atoms with E-state index in [0.717, 1.165) is 11.3 Å². The summed E-state index contributed by atoms with van der Waals surface area (Å²) in [6, 6.07) is 8.20. The van der Waals surface area contributed by atoms with Crippen LogP contribution in [0.15, 0.2) is 40.6 Å². The molecule has 1 saturated heterocycles. The fourth-order valence-corrected chi connectivity index (χ4v) is 6.36. The first-order valence-electron chi connectivity index (χ1n) is 10.5. The third kappa shape index (κ3) is 5.64. The normalized spacial score (nSPS) is 16.8. The number of halogens is 1. The molecule has 0 aliphatic carbocycles. The number of benzene rings is 1. The van der Waals surface area contributed by atoms with Crippen molar-refractivity contribution in [1.29, 1.82) is 0 Å². The van der Waals surface area contributed by atoms with Crippen LogP contribution in [0.3, 0.4) is 0 Å². The zero-order chi connectivity index (χ0) is 23.3. The minimum absolute atomic E-state index is 0.173. The second-order valence-electron chi connectivity index (χ2n) is 7.42. The molecule has 3 rings (SSSR count). The standard InChI is InChI=1S/C21H27FN4O4S2/c1-3-26(4-2)32(29,30)19-12-11-18(31-19)24-21(28)25-13-5-6-15(14-25)20(27)23-17-9-7-16(22)8-10-17/h7-12,15H,3-6,13-14H2,1-2H3,(H,23,27)(H,24,28)/t15-/m1/s1. The largest absolute Gasteiger partial charge is 0.326 e. The summed E-state index contributed by atoms with van der Waals surface area (Å²) in [6.45, 7) is 5.03. The van der Waals surface area contributed by atoms with Gasteiger partial charge in [0.05, 0.1) is 10.9 Å². The number of hydrogen-bond acceptors (Lipinski definition) is 5. The maximum absolute atomic E-state index is 13.0. The highest BCUT2D eigenvalue weighted by Crippen LogP contribution is 2.29. The molecular weight excluding hydrogens is 455 g/mol. The van der Waals surface area contributed by atoms with E-state index in [2.05, 4.69) is 10.6 Å².